The molecule has 2 aromatic rings. The Hall–Kier alpha value is -1.36. The fourth-order valence-electron chi connectivity index (χ4n) is 1.77. The molecule has 90 valence electrons. The van der Waals surface area contributed by atoms with Crippen LogP contribution in [0.5, 0.6) is 0 Å². The lowest BCUT2D eigenvalue weighted by Crippen LogP contribution is -1.95. The lowest BCUT2D eigenvalue weighted by molar-refractivity contribution is 0.438. The number of rotatable bonds is 2. The summed E-state index contributed by atoms with van der Waals surface area (Å²) in [5.74, 6) is 0.124. The van der Waals surface area contributed by atoms with E-state index in [1.807, 2.05) is 13.8 Å². The van der Waals surface area contributed by atoms with E-state index < -0.39 is 0 Å². The van der Waals surface area contributed by atoms with Gasteiger partial charge in [-0.25, -0.2) is 4.39 Å². The first-order chi connectivity index (χ1) is 7.99. The average molecular weight is 299 g/mol. The molecule has 0 atom stereocenters. The molecule has 1 heterocycles. The van der Waals surface area contributed by atoms with Crippen LogP contribution in [0.2, 0.25) is 0 Å². The van der Waals surface area contributed by atoms with Crippen LogP contribution in [0.25, 0.3) is 11.3 Å². The van der Waals surface area contributed by atoms with Crippen molar-refractivity contribution in [3.05, 3.63) is 34.1 Å². The predicted molar refractivity (Wildman–Crippen MR) is 68.1 cm³/mol. The van der Waals surface area contributed by atoms with Crippen molar-refractivity contribution < 1.29 is 8.91 Å². The second-order valence-electron chi connectivity index (χ2n) is 4.12. The molecule has 3 nitrogen and oxygen atoms in total. The quantitative estimate of drug-likeness (QED) is 0.913. The van der Waals surface area contributed by atoms with E-state index in [-0.39, 0.29) is 17.6 Å². The van der Waals surface area contributed by atoms with Gasteiger partial charge in [0.2, 0.25) is 5.88 Å². The molecule has 0 unspecified atom stereocenters. The summed E-state index contributed by atoms with van der Waals surface area (Å²) in [6.45, 7) is 3.97. The van der Waals surface area contributed by atoms with Crippen LogP contribution in [0, 0.1) is 5.82 Å². The first-order valence-corrected chi connectivity index (χ1v) is 6.00. The third-order valence-corrected chi connectivity index (χ3v) is 2.93. The van der Waals surface area contributed by atoms with Gasteiger partial charge in [-0.05, 0) is 24.1 Å². The Labute approximate surface area is 107 Å². The zero-order valence-electron chi connectivity index (χ0n) is 9.50. The molecule has 17 heavy (non-hydrogen) atoms. The fraction of sp³-hybridized carbons (Fsp3) is 0.250. The molecule has 0 spiro atoms. The fourth-order valence-corrected chi connectivity index (χ4v) is 2.23. The van der Waals surface area contributed by atoms with Crippen molar-refractivity contribution in [3.8, 4) is 11.3 Å². The van der Waals surface area contributed by atoms with Crippen LogP contribution in [-0.2, 0) is 0 Å². The minimum atomic E-state index is -0.328. The number of benzene rings is 1. The van der Waals surface area contributed by atoms with E-state index in [1.54, 1.807) is 6.07 Å². The van der Waals surface area contributed by atoms with Gasteiger partial charge in [-0.15, -0.1) is 0 Å². The van der Waals surface area contributed by atoms with Crippen molar-refractivity contribution in [1.82, 2.24) is 5.16 Å². The average Bonchev–Trinajstić information content (AvgIpc) is 2.58. The summed E-state index contributed by atoms with van der Waals surface area (Å²) in [4.78, 5) is 0. The number of nitrogen functional groups attached to an aromatic ring is 1. The lowest BCUT2D eigenvalue weighted by atomic mass is 9.99. The van der Waals surface area contributed by atoms with Gasteiger partial charge in [0.1, 0.15) is 11.5 Å². The third-order valence-electron chi connectivity index (χ3n) is 2.47. The molecule has 0 fully saturated rings. The van der Waals surface area contributed by atoms with Crippen molar-refractivity contribution >= 4 is 21.8 Å². The second-order valence-corrected chi connectivity index (χ2v) is 5.04. The molecule has 0 bridgehead atoms. The van der Waals surface area contributed by atoms with Gasteiger partial charge in [0.25, 0.3) is 0 Å². The van der Waals surface area contributed by atoms with Crippen LogP contribution in [0.1, 0.15) is 25.3 Å². The Balaban J connectivity index is 2.60. The molecular formula is C12H12BrFN2O. The molecule has 0 aliphatic rings. The molecule has 0 saturated heterocycles. The van der Waals surface area contributed by atoms with Crippen molar-refractivity contribution in [2.45, 2.75) is 19.8 Å². The smallest absolute Gasteiger partial charge is 0.226 e. The van der Waals surface area contributed by atoms with Gasteiger partial charge in [-0.1, -0.05) is 34.9 Å². The number of aromatic nitrogens is 1. The molecule has 2 N–H and O–H groups in total. The van der Waals surface area contributed by atoms with Crippen molar-refractivity contribution in [1.29, 1.82) is 0 Å². The van der Waals surface area contributed by atoms with E-state index >= 15 is 0 Å². The van der Waals surface area contributed by atoms with Crippen LogP contribution in [0.15, 0.2) is 27.2 Å². The Kier molecular flexibility index (Phi) is 3.19. The summed E-state index contributed by atoms with van der Waals surface area (Å²) in [5.41, 5.74) is 7.78. The van der Waals surface area contributed by atoms with Crippen LogP contribution < -0.4 is 5.73 Å². The SMILES string of the molecule is CC(C)c1c(-c2cc(F)cc(Br)c2)noc1N. The van der Waals surface area contributed by atoms with Crippen molar-refractivity contribution in [2.24, 2.45) is 0 Å². The van der Waals surface area contributed by atoms with E-state index in [4.69, 9.17) is 10.3 Å². The second kappa shape index (κ2) is 4.49. The highest BCUT2D eigenvalue weighted by Crippen LogP contribution is 2.34. The van der Waals surface area contributed by atoms with Crippen LogP contribution >= 0.6 is 15.9 Å². The molecule has 1 aromatic carbocycles. The van der Waals surface area contributed by atoms with E-state index in [2.05, 4.69) is 21.1 Å². The first kappa shape index (κ1) is 12.1. The van der Waals surface area contributed by atoms with Crippen LogP contribution in [-0.4, -0.2) is 5.16 Å². The first-order valence-electron chi connectivity index (χ1n) is 5.20. The Morgan fingerprint density at radius 1 is 1.35 bits per heavy atom. The predicted octanol–water partition coefficient (Wildman–Crippen LogP) is 3.95. The van der Waals surface area contributed by atoms with Gasteiger partial charge >= 0.3 is 0 Å². The van der Waals surface area contributed by atoms with Gasteiger partial charge in [0.15, 0.2) is 0 Å². The van der Waals surface area contributed by atoms with Gasteiger partial charge in [0, 0.05) is 15.6 Å². The van der Waals surface area contributed by atoms with Gasteiger partial charge in [-0.3, -0.25) is 0 Å². The number of hydrogen-bond donors (Lipinski definition) is 1. The number of halogens is 2. The molecule has 5 heteroatoms. The zero-order valence-corrected chi connectivity index (χ0v) is 11.1. The maximum absolute atomic E-state index is 13.3. The summed E-state index contributed by atoms with van der Waals surface area (Å²) < 4.78 is 19.0. The van der Waals surface area contributed by atoms with Gasteiger partial charge < -0.3 is 10.3 Å². The van der Waals surface area contributed by atoms with Crippen LogP contribution in [0.3, 0.4) is 0 Å². The number of hydrogen-bond acceptors (Lipinski definition) is 3. The molecule has 0 amide bonds. The minimum absolute atomic E-state index is 0.165. The molecule has 0 radical (unpaired) electrons. The van der Waals surface area contributed by atoms with E-state index in [0.29, 0.717) is 15.7 Å². The molecule has 1 aromatic heterocycles. The number of anilines is 1. The number of nitrogens with zero attached hydrogens (tertiary/aromatic N) is 1. The molecule has 0 aliphatic heterocycles. The third kappa shape index (κ3) is 2.34. The normalized spacial score (nSPS) is 11.1. The van der Waals surface area contributed by atoms with Gasteiger partial charge in [0.05, 0.1) is 0 Å². The van der Waals surface area contributed by atoms with E-state index in [1.165, 1.54) is 12.1 Å². The lowest BCUT2D eigenvalue weighted by Gasteiger charge is -2.06. The highest BCUT2D eigenvalue weighted by molar-refractivity contribution is 9.10. The Morgan fingerprint density at radius 3 is 2.65 bits per heavy atom. The molecule has 0 saturated carbocycles. The Morgan fingerprint density at radius 2 is 2.06 bits per heavy atom. The number of nitrogens with two attached hydrogens (primary N) is 1. The summed E-state index contributed by atoms with van der Waals surface area (Å²) in [7, 11) is 0. The van der Waals surface area contributed by atoms with Gasteiger partial charge in [-0.2, -0.15) is 0 Å². The minimum Gasteiger partial charge on any atom is -0.367 e. The topological polar surface area (TPSA) is 52.0 Å². The summed E-state index contributed by atoms with van der Waals surface area (Å²) >= 11 is 3.25. The monoisotopic (exact) mass is 298 g/mol. The molecule has 0 aliphatic carbocycles. The van der Waals surface area contributed by atoms with Crippen molar-refractivity contribution in [2.75, 3.05) is 5.73 Å². The Bertz CT molecular complexity index is 531. The maximum Gasteiger partial charge on any atom is 0.226 e. The van der Waals surface area contributed by atoms with E-state index in [0.717, 1.165) is 5.56 Å². The molecular weight excluding hydrogens is 287 g/mol. The standard InChI is InChI=1S/C12H12BrFN2O/c1-6(2)10-11(16-17-12(10)15)7-3-8(13)5-9(14)4-7/h3-6H,15H2,1-2H3. The summed E-state index contributed by atoms with van der Waals surface area (Å²) in [5, 5.41) is 3.90. The highest BCUT2D eigenvalue weighted by Gasteiger charge is 2.19. The zero-order chi connectivity index (χ0) is 12.6. The van der Waals surface area contributed by atoms with Crippen molar-refractivity contribution in [3.63, 3.8) is 0 Å². The molecule has 2 rings (SSSR count). The summed E-state index contributed by atoms with van der Waals surface area (Å²) in [6, 6.07) is 4.59. The van der Waals surface area contributed by atoms with E-state index in [9.17, 15) is 4.39 Å². The summed E-state index contributed by atoms with van der Waals surface area (Å²) in [6.07, 6.45) is 0. The highest BCUT2D eigenvalue weighted by atomic mass is 79.9. The maximum atomic E-state index is 13.3. The van der Waals surface area contributed by atoms with Crippen LogP contribution in [0.4, 0.5) is 10.3 Å². The largest absolute Gasteiger partial charge is 0.367 e.